The van der Waals surface area contributed by atoms with Gasteiger partial charge in [0.25, 0.3) is 5.91 Å². The van der Waals surface area contributed by atoms with Crippen molar-refractivity contribution in [1.82, 2.24) is 19.9 Å². The molecule has 0 saturated carbocycles. The molecule has 0 aromatic carbocycles. The molecule has 0 spiro atoms. The van der Waals surface area contributed by atoms with Crippen molar-refractivity contribution in [3.8, 4) is 6.07 Å². The van der Waals surface area contributed by atoms with E-state index in [0.717, 1.165) is 24.1 Å². The molecule has 0 bridgehead atoms. The number of rotatable bonds is 2. The van der Waals surface area contributed by atoms with Crippen molar-refractivity contribution in [1.29, 1.82) is 5.26 Å². The summed E-state index contributed by atoms with van der Waals surface area (Å²) in [6, 6.07) is 5.19. The van der Waals surface area contributed by atoms with Crippen LogP contribution in [0.25, 0.3) is 0 Å². The van der Waals surface area contributed by atoms with Gasteiger partial charge in [-0.05, 0) is 37.5 Å². The van der Waals surface area contributed by atoms with Crippen molar-refractivity contribution in [2.45, 2.75) is 25.7 Å². The highest BCUT2D eigenvalue weighted by Crippen LogP contribution is 2.28. The number of pyridine rings is 1. The number of aryl methyl sites for hydroxylation is 1. The van der Waals surface area contributed by atoms with E-state index in [0.29, 0.717) is 30.3 Å². The summed E-state index contributed by atoms with van der Waals surface area (Å²) in [6.07, 6.45) is 6.69. The predicted octanol–water partition coefficient (Wildman–Crippen LogP) is 2.07. The average Bonchev–Trinajstić information content (AvgIpc) is 2.62. The summed E-state index contributed by atoms with van der Waals surface area (Å²) in [5.74, 6) is 0.348. The Morgan fingerprint density at radius 3 is 2.65 bits per heavy atom. The number of likely N-dealkylation sites (tertiary alicyclic amines) is 1. The maximum Gasteiger partial charge on any atom is 0.255 e. The van der Waals surface area contributed by atoms with E-state index in [4.69, 9.17) is 5.26 Å². The first kappa shape index (κ1) is 15.1. The molecule has 2 aromatic heterocycles. The minimum absolute atomic E-state index is 0.0279. The molecular weight excluding hydrogens is 290 g/mol. The molecule has 3 rings (SSSR count). The number of piperidine rings is 1. The Hall–Kier alpha value is -2.81. The Bertz CT molecular complexity index is 742. The van der Waals surface area contributed by atoms with Crippen LogP contribution in [0, 0.1) is 18.3 Å². The summed E-state index contributed by atoms with van der Waals surface area (Å²) in [5, 5.41) is 8.76. The summed E-state index contributed by atoms with van der Waals surface area (Å²) in [5.41, 5.74) is 3.04. The standard InChI is InChI=1S/C17H17N5O/c1-12-9-19-11-21-16(12)13-4-6-22(7-5-13)17(23)14-2-3-15(8-18)20-10-14/h2-3,9-11,13H,4-7H2,1H3. The lowest BCUT2D eigenvalue weighted by Crippen LogP contribution is -2.38. The molecule has 116 valence electrons. The first-order valence-electron chi connectivity index (χ1n) is 7.61. The summed E-state index contributed by atoms with van der Waals surface area (Å²) in [7, 11) is 0. The monoisotopic (exact) mass is 307 g/mol. The zero-order valence-electron chi connectivity index (χ0n) is 12.9. The van der Waals surface area contributed by atoms with E-state index in [-0.39, 0.29) is 5.91 Å². The molecule has 0 atom stereocenters. The normalized spacial score (nSPS) is 15.2. The summed E-state index contributed by atoms with van der Waals surface area (Å²) in [4.78, 5) is 26.7. The Morgan fingerprint density at radius 2 is 2.04 bits per heavy atom. The predicted molar refractivity (Wildman–Crippen MR) is 83.6 cm³/mol. The molecule has 6 nitrogen and oxygen atoms in total. The van der Waals surface area contributed by atoms with Gasteiger partial charge in [-0.2, -0.15) is 5.26 Å². The zero-order chi connectivity index (χ0) is 16.2. The van der Waals surface area contributed by atoms with Crippen LogP contribution in [0.15, 0.2) is 30.9 Å². The van der Waals surface area contributed by atoms with Crippen LogP contribution in [0.4, 0.5) is 0 Å². The SMILES string of the molecule is Cc1cncnc1C1CCN(C(=O)c2ccc(C#N)nc2)CC1. The van der Waals surface area contributed by atoms with E-state index in [2.05, 4.69) is 15.0 Å². The third-order valence-corrected chi connectivity index (χ3v) is 4.23. The van der Waals surface area contributed by atoms with Gasteiger partial charge in [0, 0.05) is 37.1 Å². The minimum Gasteiger partial charge on any atom is -0.339 e. The first-order chi connectivity index (χ1) is 11.2. The number of carbonyl (C=O) groups is 1. The lowest BCUT2D eigenvalue weighted by Gasteiger charge is -2.32. The number of nitrogens with zero attached hydrogens (tertiary/aromatic N) is 5. The van der Waals surface area contributed by atoms with Crippen LogP contribution < -0.4 is 0 Å². The van der Waals surface area contributed by atoms with Crippen molar-refractivity contribution in [3.63, 3.8) is 0 Å². The molecule has 1 saturated heterocycles. The van der Waals surface area contributed by atoms with E-state index in [9.17, 15) is 4.79 Å². The van der Waals surface area contributed by atoms with Gasteiger partial charge in [-0.1, -0.05) is 0 Å². The van der Waals surface area contributed by atoms with Gasteiger partial charge in [0.1, 0.15) is 18.1 Å². The Balaban J connectivity index is 1.65. The number of nitriles is 1. The molecule has 1 aliphatic heterocycles. The highest BCUT2D eigenvalue weighted by atomic mass is 16.2. The first-order valence-corrected chi connectivity index (χ1v) is 7.61. The van der Waals surface area contributed by atoms with E-state index < -0.39 is 0 Å². The molecule has 2 aromatic rings. The van der Waals surface area contributed by atoms with Crippen LogP contribution >= 0.6 is 0 Å². The quantitative estimate of drug-likeness (QED) is 0.848. The highest BCUT2D eigenvalue weighted by Gasteiger charge is 2.26. The van der Waals surface area contributed by atoms with Crippen molar-refractivity contribution >= 4 is 5.91 Å². The Labute approximate surface area is 134 Å². The van der Waals surface area contributed by atoms with Gasteiger partial charge >= 0.3 is 0 Å². The fourth-order valence-corrected chi connectivity index (χ4v) is 2.96. The zero-order valence-corrected chi connectivity index (χ0v) is 12.9. The van der Waals surface area contributed by atoms with Crippen LogP contribution in [-0.4, -0.2) is 38.8 Å². The van der Waals surface area contributed by atoms with Crippen molar-refractivity contribution < 1.29 is 4.79 Å². The number of carbonyl (C=O) groups excluding carboxylic acids is 1. The molecule has 6 heteroatoms. The van der Waals surface area contributed by atoms with Crippen molar-refractivity contribution in [2.24, 2.45) is 0 Å². The smallest absolute Gasteiger partial charge is 0.255 e. The van der Waals surface area contributed by atoms with E-state index in [1.165, 1.54) is 6.20 Å². The molecular formula is C17H17N5O. The molecule has 0 radical (unpaired) electrons. The third kappa shape index (κ3) is 3.19. The minimum atomic E-state index is -0.0279. The van der Waals surface area contributed by atoms with Gasteiger partial charge in [-0.25, -0.2) is 15.0 Å². The molecule has 0 unspecified atom stereocenters. The van der Waals surface area contributed by atoms with Gasteiger partial charge in [0.05, 0.1) is 5.56 Å². The number of aromatic nitrogens is 3. The topological polar surface area (TPSA) is 82.8 Å². The van der Waals surface area contributed by atoms with Gasteiger partial charge in [-0.15, -0.1) is 0 Å². The van der Waals surface area contributed by atoms with Gasteiger partial charge < -0.3 is 4.90 Å². The largest absolute Gasteiger partial charge is 0.339 e. The molecule has 23 heavy (non-hydrogen) atoms. The van der Waals surface area contributed by atoms with Crippen molar-refractivity contribution in [2.75, 3.05) is 13.1 Å². The Kier molecular flexibility index (Phi) is 4.29. The number of hydrogen-bond acceptors (Lipinski definition) is 5. The number of hydrogen-bond donors (Lipinski definition) is 0. The van der Waals surface area contributed by atoms with E-state index >= 15 is 0 Å². The fraction of sp³-hybridized carbons (Fsp3) is 0.353. The fourth-order valence-electron chi connectivity index (χ4n) is 2.96. The second kappa shape index (κ2) is 6.53. The lowest BCUT2D eigenvalue weighted by molar-refractivity contribution is 0.0711. The van der Waals surface area contributed by atoms with Gasteiger partial charge in [0.15, 0.2) is 0 Å². The maximum atomic E-state index is 12.5. The van der Waals surface area contributed by atoms with Crippen molar-refractivity contribution in [3.05, 3.63) is 53.4 Å². The van der Waals surface area contributed by atoms with Crippen LogP contribution in [0.5, 0.6) is 0 Å². The molecule has 0 aliphatic carbocycles. The summed E-state index contributed by atoms with van der Waals surface area (Å²) < 4.78 is 0. The van der Waals surface area contributed by atoms with Gasteiger partial charge in [0.2, 0.25) is 0 Å². The summed E-state index contributed by atoms with van der Waals surface area (Å²) in [6.45, 7) is 3.43. The number of amides is 1. The van der Waals surface area contributed by atoms with Crippen LogP contribution in [-0.2, 0) is 0 Å². The molecule has 3 heterocycles. The van der Waals surface area contributed by atoms with Crippen LogP contribution in [0.3, 0.4) is 0 Å². The van der Waals surface area contributed by atoms with Crippen LogP contribution in [0.2, 0.25) is 0 Å². The molecule has 0 N–H and O–H groups in total. The summed E-state index contributed by atoms with van der Waals surface area (Å²) >= 11 is 0. The van der Waals surface area contributed by atoms with E-state index in [1.54, 1.807) is 18.5 Å². The second-order valence-electron chi connectivity index (χ2n) is 5.70. The highest BCUT2D eigenvalue weighted by molar-refractivity contribution is 5.94. The van der Waals surface area contributed by atoms with Gasteiger partial charge in [-0.3, -0.25) is 4.79 Å². The second-order valence-corrected chi connectivity index (χ2v) is 5.70. The third-order valence-electron chi connectivity index (χ3n) is 4.23. The maximum absolute atomic E-state index is 12.5. The van der Waals surface area contributed by atoms with E-state index in [1.807, 2.05) is 24.1 Å². The Morgan fingerprint density at radius 1 is 1.26 bits per heavy atom. The molecule has 1 fully saturated rings. The molecule has 1 aliphatic rings. The average molecular weight is 307 g/mol. The lowest BCUT2D eigenvalue weighted by atomic mass is 9.91. The molecule has 1 amide bonds. The van der Waals surface area contributed by atoms with Crippen LogP contribution in [0.1, 0.15) is 46.1 Å².